The van der Waals surface area contributed by atoms with Crippen LogP contribution in [0.2, 0.25) is 0 Å². The third-order valence-electron chi connectivity index (χ3n) is 3.50. The van der Waals surface area contributed by atoms with Crippen LogP contribution < -0.4 is 10.2 Å². The molecule has 2 atom stereocenters. The number of hydrogen-bond donors (Lipinski definition) is 1. The van der Waals surface area contributed by atoms with Gasteiger partial charge in [-0.15, -0.1) is 0 Å². The first-order valence-corrected chi connectivity index (χ1v) is 7.10. The Kier molecular flexibility index (Phi) is 4.10. The van der Waals surface area contributed by atoms with Gasteiger partial charge in [-0.05, 0) is 50.1 Å². The molecule has 0 amide bonds. The normalized spacial score (nSPS) is 24.4. The van der Waals surface area contributed by atoms with E-state index in [2.05, 4.69) is 58.2 Å². The summed E-state index contributed by atoms with van der Waals surface area (Å²) >= 11 is 3.56. The van der Waals surface area contributed by atoms with Gasteiger partial charge in [-0.2, -0.15) is 0 Å². The third kappa shape index (κ3) is 2.83. The quantitative estimate of drug-likeness (QED) is 0.920. The molecule has 3 heteroatoms. The lowest BCUT2D eigenvalue weighted by Gasteiger charge is -2.26. The number of nitrogens with one attached hydrogen (secondary N) is 1. The average Bonchev–Trinajstić information content (AvgIpc) is 2.59. The molecule has 1 N–H and O–H groups in total. The topological polar surface area (TPSA) is 15.3 Å². The highest BCUT2D eigenvalue weighted by Gasteiger charge is 2.27. The van der Waals surface area contributed by atoms with Crippen LogP contribution in [-0.2, 0) is 6.54 Å². The summed E-state index contributed by atoms with van der Waals surface area (Å²) in [4.78, 5) is 2.55. The summed E-state index contributed by atoms with van der Waals surface area (Å²) in [7, 11) is 2.00. The molecule has 0 saturated carbocycles. The molecule has 0 aromatic heterocycles. The molecule has 0 aliphatic carbocycles. The maximum Gasteiger partial charge on any atom is 0.0415 e. The predicted octanol–water partition coefficient (Wildman–Crippen LogP) is 3.40. The summed E-state index contributed by atoms with van der Waals surface area (Å²) in [5.41, 5.74) is 2.77. The van der Waals surface area contributed by atoms with Crippen LogP contribution >= 0.6 is 15.9 Å². The van der Waals surface area contributed by atoms with Crippen molar-refractivity contribution in [1.29, 1.82) is 0 Å². The van der Waals surface area contributed by atoms with Crippen LogP contribution in [0.15, 0.2) is 22.7 Å². The van der Waals surface area contributed by atoms with E-state index in [0.29, 0.717) is 6.04 Å². The number of nitrogens with zero attached hydrogens (tertiary/aromatic N) is 1. The van der Waals surface area contributed by atoms with Crippen LogP contribution in [0, 0.1) is 5.92 Å². The highest BCUT2D eigenvalue weighted by molar-refractivity contribution is 9.10. The van der Waals surface area contributed by atoms with E-state index in [1.807, 2.05) is 7.05 Å². The van der Waals surface area contributed by atoms with Crippen molar-refractivity contribution >= 4 is 21.6 Å². The Morgan fingerprint density at radius 2 is 2.18 bits per heavy atom. The Balaban J connectivity index is 2.30. The molecule has 1 saturated heterocycles. The second-order valence-corrected chi connectivity index (χ2v) is 6.06. The lowest BCUT2D eigenvalue weighted by Crippen LogP contribution is -2.28. The van der Waals surface area contributed by atoms with E-state index in [9.17, 15) is 0 Å². The molecule has 2 nitrogen and oxygen atoms in total. The predicted molar refractivity (Wildman–Crippen MR) is 77.5 cm³/mol. The van der Waals surface area contributed by atoms with Gasteiger partial charge in [0.2, 0.25) is 0 Å². The number of hydrogen-bond acceptors (Lipinski definition) is 2. The fourth-order valence-corrected chi connectivity index (χ4v) is 3.21. The third-order valence-corrected chi connectivity index (χ3v) is 4.00. The number of anilines is 1. The lowest BCUT2D eigenvalue weighted by atomic mass is 10.1. The molecule has 1 aromatic carbocycles. The number of rotatable bonds is 3. The van der Waals surface area contributed by atoms with Crippen LogP contribution in [0.25, 0.3) is 0 Å². The van der Waals surface area contributed by atoms with Gasteiger partial charge in [0.25, 0.3) is 0 Å². The van der Waals surface area contributed by atoms with Gasteiger partial charge in [-0.25, -0.2) is 0 Å². The molecular weight excluding hydrogens is 276 g/mol. The van der Waals surface area contributed by atoms with Gasteiger partial charge in [0.15, 0.2) is 0 Å². The molecule has 17 heavy (non-hydrogen) atoms. The van der Waals surface area contributed by atoms with Crippen molar-refractivity contribution in [3.8, 4) is 0 Å². The average molecular weight is 297 g/mol. The lowest BCUT2D eigenvalue weighted by molar-refractivity contribution is 0.625. The summed E-state index contributed by atoms with van der Waals surface area (Å²) in [6.45, 7) is 6.77. The van der Waals surface area contributed by atoms with E-state index in [1.165, 1.54) is 24.2 Å². The summed E-state index contributed by atoms with van der Waals surface area (Å²) in [6.07, 6.45) is 1.30. The number of benzene rings is 1. The minimum atomic E-state index is 0.654. The highest BCUT2D eigenvalue weighted by atomic mass is 79.9. The Morgan fingerprint density at radius 1 is 1.41 bits per heavy atom. The molecule has 2 unspecified atom stereocenters. The van der Waals surface area contributed by atoms with Crippen LogP contribution in [0.5, 0.6) is 0 Å². The van der Waals surface area contributed by atoms with Crippen molar-refractivity contribution in [1.82, 2.24) is 5.32 Å². The van der Waals surface area contributed by atoms with Gasteiger partial charge in [-0.1, -0.05) is 22.9 Å². The second kappa shape index (κ2) is 5.40. The summed E-state index contributed by atoms with van der Waals surface area (Å²) in [5.74, 6) is 0.802. The molecule has 1 fully saturated rings. The first kappa shape index (κ1) is 12.9. The van der Waals surface area contributed by atoms with E-state index < -0.39 is 0 Å². The fourth-order valence-electron chi connectivity index (χ4n) is 2.80. The Morgan fingerprint density at radius 3 is 2.76 bits per heavy atom. The molecule has 2 rings (SSSR count). The fraction of sp³-hybridized carbons (Fsp3) is 0.571. The monoisotopic (exact) mass is 296 g/mol. The first-order valence-electron chi connectivity index (χ1n) is 6.31. The zero-order valence-corrected chi connectivity index (χ0v) is 12.4. The summed E-state index contributed by atoms with van der Waals surface area (Å²) in [6, 6.07) is 7.26. The minimum absolute atomic E-state index is 0.654. The van der Waals surface area contributed by atoms with E-state index in [4.69, 9.17) is 0 Å². The zero-order chi connectivity index (χ0) is 12.4. The molecule has 1 heterocycles. The van der Waals surface area contributed by atoms with Crippen molar-refractivity contribution in [2.75, 3.05) is 18.5 Å². The van der Waals surface area contributed by atoms with Gasteiger partial charge in [0.1, 0.15) is 0 Å². The van der Waals surface area contributed by atoms with Crippen LogP contribution in [0.1, 0.15) is 25.8 Å². The standard InChI is InChI=1S/C14H21BrN2/c1-10-6-11(2)17(9-10)14-5-4-13(15)7-12(14)8-16-3/h4-5,7,10-11,16H,6,8-9H2,1-3H3. The molecule has 1 aliphatic heterocycles. The van der Waals surface area contributed by atoms with Gasteiger partial charge < -0.3 is 10.2 Å². The Labute approximate surface area is 113 Å². The van der Waals surface area contributed by atoms with E-state index >= 15 is 0 Å². The zero-order valence-electron chi connectivity index (χ0n) is 10.8. The van der Waals surface area contributed by atoms with Crippen LogP contribution in [-0.4, -0.2) is 19.6 Å². The van der Waals surface area contributed by atoms with E-state index in [0.717, 1.165) is 16.9 Å². The van der Waals surface area contributed by atoms with Crippen LogP contribution in [0.3, 0.4) is 0 Å². The maximum absolute atomic E-state index is 3.56. The molecule has 94 valence electrons. The first-order chi connectivity index (χ1) is 8.11. The highest BCUT2D eigenvalue weighted by Crippen LogP contribution is 2.32. The van der Waals surface area contributed by atoms with Gasteiger partial charge in [-0.3, -0.25) is 0 Å². The van der Waals surface area contributed by atoms with Crippen molar-refractivity contribution in [2.24, 2.45) is 5.92 Å². The molecule has 1 aliphatic rings. The SMILES string of the molecule is CNCc1cc(Br)ccc1N1CC(C)CC1C. The van der Waals surface area contributed by atoms with Gasteiger partial charge >= 0.3 is 0 Å². The largest absolute Gasteiger partial charge is 0.368 e. The van der Waals surface area contributed by atoms with Gasteiger partial charge in [0.05, 0.1) is 0 Å². The molecule has 0 bridgehead atoms. The van der Waals surface area contributed by atoms with Crippen molar-refractivity contribution in [3.05, 3.63) is 28.2 Å². The van der Waals surface area contributed by atoms with E-state index in [1.54, 1.807) is 0 Å². The van der Waals surface area contributed by atoms with Gasteiger partial charge in [0, 0.05) is 29.3 Å². The number of halogens is 1. The van der Waals surface area contributed by atoms with Crippen molar-refractivity contribution in [2.45, 2.75) is 32.9 Å². The van der Waals surface area contributed by atoms with Crippen molar-refractivity contribution < 1.29 is 0 Å². The molecule has 0 radical (unpaired) electrons. The Hall–Kier alpha value is -0.540. The summed E-state index contributed by atoms with van der Waals surface area (Å²) < 4.78 is 1.16. The van der Waals surface area contributed by atoms with Crippen molar-refractivity contribution in [3.63, 3.8) is 0 Å². The summed E-state index contributed by atoms with van der Waals surface area (Å²) in [5, 5.41) is 3.25. The maximum atomic E-state index is 3.56. The van der Waals surface area contributed by atoms with Crippen LogP contribution in [0.4, 0.5) is 5.69 Å². The Bertz CT molecular complexity index is 392. The smallest absolute Gasteiger partial charge is 0.0415 e. The molecule has 0 spiro atoms. The van der Waals surface area contributed by atoms with E-state index in [-0.39, 0.29) is 0 Å². The second-order valence-electron chi connectivity index (χ2n) is 5.15. The minimum Gasteiger partial charge on any atom is -0.368 e. The molecular formula is C14H21BrN2. The molecule has 1 aromatic rings.